The van der Waals surface area contributed by atoms with E-state index in [1.807, 2.05) is 62.3 Å². The zero-order chi connectivity index (χ0) is 31.0. The van der Waals surface area contributed by atoms with Crippen molar-refractivity contribution in [3.05, 3.63) is 0 Å². The van der Waals surface area contributed by atoms with E-state index in [0.29, 0.717) is 72.7 Å². The Kier molecular flexibility index (Phi) is 25.7. The molecule has 1 unspecified atom stereocenters. The maximum atomic E-state index is 5.90. The first-order valence-corrected chi connectivity index (χ1v) is 15.2. The van der Waals surface area contributed by atoms with Gasteiger partial charge in [0.25, 0.3) is 0 Å². The number of hydrogen-bond acceptors (Lipinski definition) is 11. The SMILES string of the molecule is COCCO[C@H](C)CO[C@H](C)CO[C@H](C)COC(C)CO[C@@H](C)CO[C@@H](C)CO[C@H](C)CO[C@H](C)COC[C@H](C)N. The summed E-state index contributed by atoms with van der Waals surface area (Å²) in [6.45, 7) is 23.4. The highest BCUT2D eigenvalue weighted by Crippen LogP contribution is 2.05. The number of ether oxygens (including phenoxy) is 10. The van der Waals surface area contributed by atoms with E-state index in [2.05, 4.69) is 0 Å². The molecule has 0 fully saturated rings. The molecule has 11 heteroatoms. The molecule has 0 aromatic rings. The summed E-state index contributed by atoms with van der Waals surface area (Å²) >= 11 is 0. The van der Waals surface area contributed by atoms with Gasteiger partial charge in [-0.3, -0.25) is 0 Å². The number of methoxy groups -OCH3 is 1. The van der Waals surface area contributed by atoms with Crippen molar-refractivity contribution in [3.8, 4) is 0 Å². The van der Waals surface area contributed by atoms with E-state index < -0.39 is 0 Å². The molecule has 0 aromatic carbocycles. The molecule has 0 aliphatic heterocycles. The maximum absolute atomic E-state index is 5.90. The molecule has 0 saturated carbocycles. The molecule has 0 saturated heterocycles. The summed E-state index contributed by atoms with van der Waals surface area (Å²) in [6, 6.07) is 0.0260. The normalized spacial score (nSPS) is 18.8. The lowest BCUT2D eigenvalue weighted by atomic mass is 10.3. The molecule has 9 atom stereocenters. The monoisotopic (exact) mass is 597 g/mol. The highest BCUT2D eigenvalue weighted by molar-refractivity contribution is 4.60. The highest BCUT2D eigenvalue weighted by atomic mass is 16.6. The molecule has 0 aliphatic rings. The van der Waals surface area contributed by atoms with Crippen LogP contribution in [0.3, 0.4) is 0 Å². The number of rotatable bonds is 29. The van der Waals surface area contributed by atoms with Gasteiger partial charge >= 0.3 is 0 Å². The second-order valence-electron chi connectivity index (χ2n) is 11.2. The molecule has 0 amide bonds. The third kappa shape index (κ3) is 26.9. The van der Waals surface area contributed by atoms with Crippen LogP contribution in [0.5, 0.6) is 0 Å². The average molecular weight is 598 g/mol. The lowest BCUT2D eigenvalue weighted by Gasteiger charge is -2.23. The smallest absolute Gasteiger partial charge is 0.0781 e. The van der Waals surface area contributed by atoms with Crippen molar-refractivity contribution in [2.24, 2.45) is 5.73 Å². The van der Waals surface area contributed by atoms with Gasteiger partial charge in [0.2, 0.25) is 0 Å². The van der Waals surface area contributed by atoms with Gasteiger partial charge in [-0.15, -0.1) is 0 Å². The standard InChI is InChI=1S/C30H63NO10/c1-22(31)13-33-14-23(2)35-16-25(4)37-18-27(6)39-20-29(8)41-21-30(9)40-19-28(7)38-17-26(5)36-15-24(3)34-12-11-32-10/h22-30H,11-21,31H2,1-10H3/t22-,23+,24+,25+,26+,27-,28+,29-,30?/m0/s1. The molecule has 0 aliphatic carbocycles. The van der Waals surface area contributed by atoms with E-state index in [1.54, 1.807) is 7.11 Å². The van der Waals surface area contributed by atoms with Crippen molar-refractivity contribution in [2.75, 3.05) is 79.8 Å². The van der Waals surface area contributed by atoms with Gasteiger partial charge < -0.3 is 53.1 Å². The molecular formula is C30H63NO10. The Hall–Kier alpha value is -0.440. The van der Waals surface area contributed by atoms with Crippen LogP contribution in [0.25, 0.3) is 0 Å². The van der Waals surface area contributed by atoms with E-state index in [9.17, 15) is 0 Å². The van der Waals surface area contributed by atoms with Gasteiger partial charge in [0.05, 0.1) is 122 Å². The second kappa shape index (κ2) is 26.0. The average Bonchev–Trinajstić information content (AvgIpc) is 2.93. The predicted octanol–water partition coefficient (Wildman–Crippen LogP) is 3.24. The van der Waals surface area contributed by atoms with Crippen LogP contribution in [-0.4, -0.2) is 135 Å². The summed E-state index contributed by atoms with van der Waals surface area (Å²) < 4.78 is 57.0. The fourth-order valence-electron chi connectivity index (χ4n) is 3.24. The van der Waals surface area contributed by atoms with E-state index in [1.165, 1.54) is 0 Å². The predicted molar refractivity (Wildman–Crippen MR) is 160 cm³/mol. The van der Waals surface area contributed by atoms with Gasteiger partial charge in [0.1, 0.15) is 0 Å². The van der Waals surface area contributed by atoms with Crippen LogP contribution >= 0.6 is 0 Å². The van der Waals surface area contributed by atoms with Crippen LogP contribution in [0.15, 0.2) is 0 Å². The lowest BCUT2D eigenvalue weighted by molar-refractivity contribution is -0.110. The molecule has 0 radical (unpaired) electrons. The molecule has 0 rings (SSSR count). The molecule has 11 nitrogen and oxygen atoms in total. The minimum atomic E-state index is -0.0612. The molecule has 2 N–H and O–H groups in total. The topological polar surface area (TPSA) is 118 Å². The van der Waals surface area contributed by atoms with E-state index in [4.69, 9.17) is 53.1 Å². The molecule has 0 spiro atoms. The molecule has 0 heterocycles. The summed E-state index contributed by atoms with van der Waals surface area (Å²) in [6.07, 6.45) is -0.299. The van der Waals surface area contributed by atoms with Crippen LogP contribution in [0, 0.1) is 0 Å². The lowest BCUT2D eigenvalue weighted by Crippen LogP contribution is -2.30. The maximum Gasteiger partial charge on any atom is 0.0781 e. The Morgan fingerprint density at radius 1 is 0.366 bits per heavy atom. The number of nitrogens with two attached hydrogens (primary N) is 1. The molecular weight excluding hydrogens is 534 g/mol. The van der Waals surface area contributed by atoms with Crippen molar-refractivity contribution < 1.29 is 47.4 Å². The Labute approximate surface area is 250 Å². The molecule has 248 valence electrons. The van der Waals surface area contributed by atoms with E-state index >= 15 is 0 Å². The fraction of sp³-hybridized carbons (Fsp3) is 1.00. The van der Waals surface area contributed by atoms with E-state index in [0.717, 1.165) is 0 Å². The highest BCUT2D eigenvalue weighted by Gasteiger charge is 2.14. The minimum absolute atomic E-state index is 0.0108. The Morgan fingerprint density at radius 3 is 0.902 bits per heavy atom. The van der Waals surface area contributed by atoms with Gasteiger partial charge in [-0.05, 0) is 62.3 Å². The summed E-state index contributed by atoms with van der Waals surface area (Å²) in [5, 5.41) is 0. The van der Waals surface area contributed by atoms with Gasteiger partial charge in [0.15, 0.2) is 0 Å². The Bertz CT molecular complexity index is 573. The van der Waals surface area contributed by atoms with Gasteiger partial charge in [-0.2, -0.15) is 0 Å². The van der Waals surface area contributed by atoms with Crippen molar-refractivity contribution >= 4 is 0 Å². The summed E-state index contributed by atoms with van der Waals surface area (Å²) in [5.74, 6) is 0. The quantitative estimate of drug-likeness (QED) is 0.128. The van der Waals surface area contributed by atoms with Crippen LogP contribution in [0.4, 0.5) is 0 Å². The van der Waals surface area contributed by atoms with Crippen molar-refractivity contribution in [2.45, 2.75) is 117 Å². The largest absolute Gasteiger partial charge is 0.382 e. The second-order valence-corrected chi connectivity index (χ2v) is 11.2. The van der Waals surface area contributed by atoms with Gasteiger partial charge in [0, 0.05) is 13.2 Å². The molecule has 41 heavy (non-hydrogen) atoms. The number of hydrogen-bond donors (Lipinski definition) is 1. The van der Waals surface area contributed by atoms with Crippen molar-refractivity contribution in [3.63, 3.8) is 0 Å². The van der Waals surface area contributed by atoms with Crippen LogP contribution in [0.1, 0.15) is 62.3 Å². The first-order chi connectivity index (χ1) is 19.4. The minimum Gasteiger partial charge on any atom is -0.382 e. The summed E-state index contributed by atoms with van der Waals surface area (Å²) in [4.78, 5) is 0. The van der Waals surface area contributed by atoms with E-state index in [-0.39, 0.29) is 54.9 Å². The first kappa shape index (κ1) is 40.6. The first-order valence-electron chi connectivity index (χ1n) is 15.2. The summed E-state index contributed by atoms with van der Waals surface area (Å²) in [7, 11) is 1.66. The van der Waals surface area contributed by atoms with Crippen molar-refractivity contribution in [1.29, 1.82) is 0 Å². The van der Waals surface area contributed by atoms with Gasteiger partial charge in [-0.25, -0.2) is 0 Å². The third-order valence-electron chi connectivity index (χ3n) is 5.73. The Balaban J connectivity index is 3.85. The van der Waals surface area contributed by atoms with Crippen molar-refractivity contribution in [1.82, 2.24) is 0 Å². The zero-order valence-corrected chi connectivity index (χ0v) is 27.6. The van der Waals surface area contributed by atoms with Crippen LogP contribution < -0.4 is 5.73 Å². The van der Waals surface area contributed by atoms with Crippen LogP contribution in [-0.2, 0) is 47.4 Å². The van der Waals surface area contributed by atoms with Gasteiger partial charge in [-0.1, -0.05) is 0 Å². The summed E-state index contributed by atoms with van der Waals surface area (Å²) in [5.41, 5.74) is 5.68. The van der Waals surface area contributed by atoms with Crippen LogP contribution in [0.2, 0.25) is 0 Å². The molecule has 0 aromatic heterocycles. The zero-order valence-electron chi connectivity index (χ0n) is 27.6. The fourth-order valence-corrected chi connectivity index (χ4v) is 3.24. The third-order valence-corrected chi connectivity index (χ3v) is 5.73. The Morgan fingerprint density at radius 2 is 0.634 bits per heavy atom. The molecule has 0 bridgehead atoms.